The average molecular weight is 239 g/mol. The Labute approximate surface area is 104 Å². The number of hydrogen-bond donors (Lipinski definition) is 1. The van der Waals surface area contributed by atoms with E-state index < -0.39 is 0 Å². The number of hydrogen-bond acceptors (Lipinski definition) is 3. The van der Waals surface area contributed by atoms with Gasteiger partial charge in [0.25, 0.3) is 0 Å². The lowest BCUT2D eigenvalue weighted by Crippen LogP contribution is -2.18. The van der Waals surface area contributed by atoms with Crippen LogP contribution in [0.1, 0.15) is 46.6 Å². The second kappa shape index (κ2) is 7.33. The lowest BCUT2D eigenvalue weighted by Gasteiger charge is -2.13. The molecule has 0 spiro atoms. The molecule has 4 nitrogen and oxygen atoms in total. The van der Waals surface area contributed by atoms with Gasteiger partial charge in [-0.05, 0) is 46.7 Å². The Bertz CT molecular complexity index is 309. The summed E-state index contributed by atoms with van der Waals surface area (Å²) >= 11 is 0. The van der Waals surface area contributed by atoms with Crippen molar-refractivity contribution in [3.05, 3.63) is 12.4 Å². The van der Waals surface area contributed by atoms with Crippen LogP contribution in [0.2, 0.25) is 0 Å². The summed E-state index contributed by atoms with van der Waals surface area (Å²) in [6.45, 7) is 10.6. The highest BCUT2D eigenvalue weighted by atomic mass is 16.5. The van der Waals surface area contributed by atoms with Crippen molar-refractivity contribution >= 4 is 0 Å². The van der Waals surface area contributed by atoms with Crippen LogP contribution in [-0.2, 0) is 0 Å². The summed E-state index contributed by atoms with van der Waals surface area (Å²) in [6.07, 6.45) is 6.22. The zero-order valence-electron chi connectivity index (χ0n) is 11.4. The van der Waals surface area contributed by atoms with E-state index in [1.54, 1.807) is 6.20 Å². The van der Waals surface area contributed by atoms with Crippen molar-refractivity contribution in [3.8, 4) is 5.75 Å². The van der Waals surface area contributed by atoms with Crippen LogP contribution in [0, 0.1) is 0 Å². The molecule has 0 fully saturated rings. The van der Waals surface area contributed by atoms with Gasteiger partial charge in [-0.25, -0.2) is 0 Å². The van der Waals surface area contributed by atoms with E-state index in [2.05, 4.69) is 38.1 Å². The molecule has 0 aliphatic rings. The molecule has 0 saturated carbocycles. The monoisotopic (exact) mass is 239 g/mol. The quantitative estimate of drug-likeness (QED) is 0.709. The molecule has 0 aliphatic heterocycles. The molecule has 1 aromatic rings. The minimum atomic E-state index is 0.249. The maximum absolute atomic E-state index is 5.81. The topological polar surface area (TPSA) is 39.1 Å². The van der Waals surface area contributed by atoms with Crippen LogP contribution in [-0.4, -0.2) is 29.0 Å². The van der Waals surface area contributed by atoms with E-state index in [0.717, 1.165) is 31.7 Å². The van der Waals surface area contributed by atoms with Gasteiger partial charge < -0.3 is 10.1 Å². The number of nitrogens with one attached hydrogen (secondary N) is 1. The SMILES string of the molecule is CCNCCCC(C)Oc1cnn(C(C)C)c1. The third kappa shape index (κ3) is 5.22. The van der Waals surface area contributed by atoms with Gasteiger partial charge in [-0.1, -0.05) is 6.92 Å². The zero-order chi connectivity index (χ0) is 12.7. The van der Waals surface area contributed by atoms with E-state index in [4.69, 9.17) is 4.74 Å². The molecular weight excluding hydrogens is 214 g/mol. The van der Waals surface area contributed by atoms with Crippen LogP contribution < -0.4 is 10.1 Å². The molecule has 98 valence electrons. The fourth-order valence-corrected chi connectivity index (χ4v) is 1.65. The Morgan fingerprint density at radius 3 is 2.76 bits per heavy atom. The third-order valence-electron chi connectivity index (χ3n) is 2.66. The van der Waals surface area contributed by atoms with Crippen molar-refractivity contribution in [1.29, 1.82) is 0 Å². The van der Waals surface area contributed by atoms with Crippen LogP contribution >= 0.6 is 0 Å². The Morgan fingerprint density at radius 1 is 1.41 bits per heavy atom. The minimum Gasteiger partial charge on any atom is -0.487 e. The predicted octanol–water partition coefficient (Wildman–Crippen LogP) is 2.62. The van der Waals surface area contributed by atoms with Crippen LogP contribution in [0.25, 0.3) is 0 Å². The van der Waals surface area contributed by atoms with Crippen molar-refractivity contribution in [2.24, 2.45) is 0 Å². The summed E-state index contributed by atoms with van der Waals surface area (Å²) in [5.41, 5.74) is 0. The van der Waals surface area contributed by atoms with Gasteiger partial charge in [0.2, 0.25) is 0 Å². The van der Waals surface area contributed by atoms with Gasteiger partial charge >= 0.3 is 0 Å². The first-order valence-corrected chi connectivity index (χ1v) is 6.55. The highest BCUT2D eigenvalue weighted by Gasteiger charge is 2.07. The van der Waals surface area contributed by atoms with Gasteiger partial charge in [0.15, 0.2) is 5.75 Å². The van der Waals surface area contributed by atoms with Crippen LogP contribution in [0.3, 0.4) is 0 Å². The lowest BCUT2D eigenvalue weighted by atomic mass is 10.2. The van der Waals surface area contributed by atoms with Gasteiger partial charge in [0, 0.05) is 6.04 Å². The van der Waals surface area contributed by atoms with E-state index in [-0.39, 0.29) is 6.10 Å². The molecule has 0 radical (unpaired) electrons. The molecule has 17 heavy (non-hydrogen) atoms. The molecular formula is C13H25N3O. The van der Waals surface area contributed by atoms with Crippen molar-refractivity contribution in [2.45, 2.75) is 52.7 Å². The normalized spacial score (nSPS) is 13.0. The first-order chi connectivity index (χ1) is 8.13. The van der Waals surface area contributed by atoms with Crippen molar-refractivity contribution in [2.75, 3.05) is 13.1 Å². The Kier molecular flexibility index (Phi) is 6.05. The first-order valence-electron chi connectivity index (χ1n) is 6.55. The number of ether oxygens (including phenoxy) is 1. The highest BCUT2D eigenvalue weighted by molar-refractivity contribution is 5.12. The maximum Gasteiger partial charge on any atom is 0.157 e. The van der Waals surface area contributed by atoms with Crippen molar-refractivity contribution in [1.82, 2.24) is 15.1 Å². The average Bonchev–Trinajstić information content (AvgIpc) is 2.73. The maximum atomic E-state index is 5.81. The molecule has 0 amide bonds. The standard InChI is InChI=1S/C13H25N3O/c1-5-14-8-6-7-12(4)17-13-9-15-16(10-13)11(2)3/h9-12,14H,5-8H2,1-4H3. The van der Waals surface area contributed by atoms with Crippen molar-refractivity contribution in [3.63, 3.8) is 0 Å². The zero-order valence-corrected chi connectivity index (χ0v) is 11.4. The van der Waals surface area contributed by atoms with Gasteiger partial charge in [-0.2, -0.15) is 5.10 Å². The largest absolute Gasteiger partial charge is 0.487 e. The molecule has 0 aliphatic carbocycles. The number of aromatic nitrogens is 2. The Morgan fingerprint density at radius 2 is 2.18 bits per heavy atom. The Balaban J connectivity index is 2.27. The third-order valence-corrected chi connectivity index (χ3v) is 2.66. The van der Waals surface area contributed by atoms with E-state index in [9.17, 15) is 0 Å². The summed E-state index contributed by atoms with van der Waals surface area (Å²) in [7, 11) is 0. The highest BCUT2D eigenvalue weighted by Crippen LogP contribution is 2.15. The van der Waals surface area contributed by atoms with E-state index >= 15 is 0 Å². The van der Waals surface area contributed by atoms with Crippen LogP contribution in [0.4, 0.5) is 0 Å². The summed E-state index contributed by atoms with van der Waals surface area (Å²) in [5, 5.41) is 7.57. The van der Waals surface area contributed by atoms with Gasteiger partial charge in [-0.15, -0.1) is 0 Å². The number of rotatable bonds is 8. The van der Waals surface area contributed by atoms with E-state index in [1.807, 2.05) is 10.9 Å². The minimum absolute atomic E-state index is 0.249. The smallest absolute Gasteiger partial charge is 0.157 e. The van der Waals surface area contributed by atoms with Crippen molar-refractivity contribution < 1.29 is 4.74 Å². The molecule has 1 unspecified atom stereocenters. The molecule has 0 aromatic carbocycles. The second-order valence-corrected chi connectivity index (χ2v) is 4.67. The molecule has 0 bridgehead atoms. The molecule has 4 heteroatoms. The summed E-state index contributed by atoms with van der Waals surface area (Å²) in [5.74, 6) is 0.870. The molecule has 1 N–H and O–H groups in total. The summed E-state index contributed by atoms with van der Waals surface area (Å²) < 4.78 is 7.73. The van der Waals surface area contributed by atoms with Gasteiger partial charge in [0.1, 0.15) is 0 Å². The molecule has 1 heterocycles. The summed E-state index contributed by atoms with van der Waals surface area (Å²) in [4.78, 5) is 0. The van der Waals surface area contributed by atoms with Crippen LogP contribution in [0.15, 0.2) is 12.4 Å². The first kappa shape index (κ1) is 14.0. The van der Waals surface area contributed by atoms with E-state index in [0.29, 0.717) is 6.04 Å². The predicted molar refractivity (Wildman–Crippen MR) is 70.5 cm³/mol. The van der Waals surface area contributed by atoms with Gasteiger partial charge in [0.05, 0.1) is 18.5 Å². The fourth-order valence-electron chi connectivity index (χ4n) is 1.65. The molecule has 0 saturated heterocycles. The van der Waals surface area contributed by atoms with Gasteiger partial charge in [-0.3, -0.25) is 4.68 Å². The fraction of sp³-hybridized carbons (Fsp3) is 0.769. The summed E-state index contributed by atoms with van der Waals surface area (Å²) in [6, 6.07) is 0.386. The lowest BCUT2D eigenvalue weighted by molar-refractivity contribution is 0.207. The second-order valence-electron chi connectivity index (χ2n) is 4.67. The van der Waals surface area contributed by atoms with Crippen LogP contribution in [0.5, 0.6) is 5.75 Å². The molecule has 1 atom stereocenters. The molecule has 1 aromatic heterocycles. The molecule has 1 rings (SSSR count). The van der Waals surface area contributed by atoms with E-state index in [1.165, 1.54) is 0 Å². The Hall–Kier alpha value is -1.03. The number of nitrogens with zero attached hydrogens (tertiary/aromatic N) is 2.